The van der Waals surface area contributed by atoms with Crippen molar-refractivity contribution >= 4 is 11.6 Å². The quantitative estimate of drug-likeness (QED) is 0.850. The van der Waals surface area contributed by atoms with Crippen LogP contribution in [0, 0.1) is 5.92 Å². The third kappa shape index (κ3) is 3.90. The van der Waals surface area contributed by atoms with Gasteiger partial charge in [0.1, 0.15) is 5.75 Å². The van der Waals surface area contributed by atoms with Crippen LogP contribution in [-0.2, 0) is 9.53 Å². The fourth-order valence-corrected chi connectivity index (χ4v) is 3.86. The van der Waals surface area contributed by atoms with Gasteiger partial charge in [0.15, 0.2) is 0 Å². The van der Waals surface area contributed by atoms with E-state index in [9.17, 15) is 4.79 Å². The molecule has 3 rings (SSSR count). The standard InChI is InChI=1S/C19H28N2O3/c1-19(2)12-15(8-11-24-19)13-20-9-10-21(18(22)14-20)16-6-4-5-7-17(16)23-3/h4-7,15H,8-14H2,1-3H3. The minimum absolute atomic E-state index is 0.0356. The number of ether oxygens (including phenoxy) is 2. The van der Waals surface area contributed by atoms with Crippen molar-refractivity contribution in [3.63, 3.8) is 0 Å². The molecule has 0 aliphatic carbocycles. The predicted octanol–water partition coefficient (Wildman–Crippen LogP) is 2.55. The van der Waals surface area contributed by atoms with Crippen molar-refractivity contribution in [2.45, 2.75) is 32.3 Å². The second-order valence-corrected chi connectivity index (χ2v) is 7.42. The summed E-state index contributed by atoms with van der Waals surface area (Å²) in [5.41, 5.74) is 0.837. The third-order valence-corrected chi connectivity index (χ3v) is 4.99. The summed E-state index contributed by atoms with van der Waals surface area (Å²) in [4.78, 5) is 16.8. The fourth-order valence-electron chi connectivity index (χ4n) is 3.86. The van der Waals surface area contributed by atoms with Crippen LogP contribution in [0.5, 0.6) is 5.75 Å². The normalized spacial score (nSPS) is 24.9. The summed E-state index contributed by atoms with van der Waals surface area (Å²) < 4.78 is 11.2. The summed E-state index contributed by atoms with van der Waals surface area (Å²) in [7, 11) is 1.65. The first-order chi connectivity index (χ1) is 11.5. The Balaban J connectivity index is 1.60. The maximum Gasteiger partial charge on any atom is 0.241 e. The predicted molar refractivity (Wildman–Crippen MR) is 94.5 cm³/mol. The van der Waals surface area contributed by atoms with Gasteiger partial charge < -0.3 is 14.4 Å². The van der Waals surface area contributed by atoms with Crippen LogP contribution in [-0.4, -0.2) is 56.3 Å². The maximum absolute atomic E-state index is 12.6. The largest absolute Gasteiger partial charge is 0.495 e. The zero-order chi connectivity index (χ0) is 17.2. The van der Waals surface area contributed by atoms with Gasteiger partial charge in [-0.3, -0.25) is 9.69 Å². The molecule has 0 spiro atoms. The van der Waals surface area contributed by atoms with Gasteiger partial charge in [-0.05, 0) is 44.7 Å². The smallest absolute Gasteiger partial charge is 0.241 e. The van der Waals surface area contributed by atoms with Crippen molar-refractivity contribution in [3.8, 4) is 5.75 Å². The van der Waals surface area contributed by atoms with Crippen molar-refractivity contribution in [2.75, 3.05) is 44.8 Å². The van der Waals surface area contributed by atoms with E-state index in [1.807, 2.05) is 29.2 Å². The van der Waals surface area contributed by atoms with E-state index in [2.05, 4.69) is 18.7 Å². The number of nitrogens with zero attached hydrogens (tertiary/aromatic N) is 2. The number of para-hydroxylation sites is 2. The van der Waals surface area contributed by atoms with Gasteiger partial charge in [0, 0.05) is 26.2 Å². The van der Waals surface area contributed by atoms with Crippen LogP contribution in [0.25, 0.3) is 0 Å². The van der Waals surface area contributed by atoms with Crippen molar-refractivity contribution in [3.05, 3.63) is 24.3 Å². The molecule has 0 saturated carbocycles. The first-order valence-electron chi connectivity index (χ1n) is 8.78. The number of piperazine rings is 1. The van der Waals surface area contributed by atoms with Gasteiger partial charge in [0.2, 0.25) is 5.91 Å². The monoisotopic (exact) mass is 332 g/mol. The molecule has 1 unspecified atom stereocenters. The van der Waals surface area contributed by atoms with Gasteiger partial charge in [0.05, 0.1) is 24.9 Å². The molecular weight excluding hydrogens is 304 g/mol. The molecule has 0 radical (unpaired) electrons. The number of hydrogen-bond donors (Lipinski definition) is 0. The minimum Gasteiger partial charge on any atom is -0.495 e. The number of amides is 1. The van der Waals surface area contributed by atoms with Crippen LogP contribution in [0.15, 0.2) is 24.3 Å². The summed E-state index contributed by atoms with van der Waals surface area (Å²) >= 11 is 0. The summed E-state index contributed by atoms with van der Waals surface area (Å²) in [6, 6.07) is 7.73. The first kappa shape index (κ1) is 17.2. The van der Waals surface area contributed by atoms with Gasteiger partial charge in [-0.2, -0.15) is 0 Å². The van der Waals surface area contributed by atoms with Gasteiger partial charge in [-0.15, -0.1) is 0 Å². The number of rotatable bonds is 4. The molecule has 0 bridgehead atoms. The average Bonchev–Trinajstić information content (AvgIpc) is 2.54. The molecule has 24 heavy (non-hydrogen) atoms. The molecule has 2 fully saturated rings. The molecule has 2 saturated heterocycles. The van der Waals surface area contributed by atoms with Gasteiger partial charge in [-0.25, -0.2) is 0 Å². The molecule has 132 valence electrons. The van der Waals surface area contributed by atoms with Crippen LogP contribution in [0.2, 0.25) is 0 Å². The molecule has 5 nitrogen and oxygen atoms in total. The van der Waals surface area contributed by atoms with E-state index < -0.39 is 0 Å². The van der Waals surface area contributed by atoms with Crippen molar-refractivity contribution in [1.29, 1.82) is 0 Å². The second kappa shape index (κ2) is 7.11. The number of anilines is 1. The van der Waals surface area contributed by atoms with Crippen LogP contribution in [0.4, 0.5) is 5.69 Å². The molecule has 1 amide bonds. The van der Waals surface area contributed by atoms with E-state index in [1.165, 1.54) is 0 Å². The van der Waals surface area contributed by atoms with Crippen LogP contribution in [0.3, 0.4) is 0 Å². The average molecular weight is 332 g/mol. The van der Waals surface area contributed by atoms with Crippen LogP contribution < -0.4 is 9.64 Å². The molecule has 1 atom stereocenters. The molecular formula is C19H28N2O3. The topological polar surface area (TPSA) is 42.0 Å². The number of methoxy groups -OCH3 is 1. The molecule has 1 aromatic rings. The minimum atomic E-state index is -0.0356. The Morgan fingerprint density at radius 1 is 1.29 bits per heavy atom. The lowest BCUT2D eigenvalue weighted by molar-refractivity contribution is -0.122. The van der Waals surface area contributed by atoms with E-state index in [4.69, 9.17) is 9.47 Å². The van der Waals surface area contributed by atoms with E-state index in [0.717, 1.165) is 44.0 Å². The summed E-state index contributed by atoms with van der Waals surface area (Å²) in [5, 5.41) is 0. The Bertz CT molecular complexity index is 588. The lowest BCUT2D eigenvalue weighted by Crippen LogP contribution is -2.52. The van der Waals surface area contributed by atoms with Crippen molar-refractivity contribution in [1.82, 2.24) is 4.90 Å². The highest BCUT2D eigenvalue weighted by Crippen LogP contribution is 2.31. The lowest BCUT2D eigenvalue weighted by Gasteiger charge is -2.40. The van der Waals surface area contributed by atoms with E-state index in [-0.39, 0.29) is 11.5 Å². The Hall–Kier alpha value is -1.59. The Morgan fingerprint density at radius 2 is 2.08 bits per heavy atom. The molecule has 2 aliphatic heterocycles. The Labute approximate surface area is 144 Å². The molecule has 2 heterocycles. The highest BCUT2D eigenvalue weighted by Gasteiger charge is 2.32. The number of carbonyl (C=O) groups excluding carboxylic acids is 1. The summed E-state index contributed by atoms with van der Waals surface area (Å²) in [6.45, 7) is 8.22. The second-order valence-electron chi connectivity index (χ2n) is 7.42. The van der Waals surface area contributed by atoms with E-state index in [1.54, 1.807) is 7.11 Å². The van der Waals surface area contributed by atoms with Crippen molar-refractivity contribution < 1.29 is 14.3 Å². The molecule has 5 heteroatoms. The van der Waals surface area contributed by atoms with E-state index >= 15 is 0 Å². The third-order valence-electron chi connectivity index (χ3n) is 4.99. The lowest BCUT2D eigenvalue weighted by atomic mass is 9.88. The Kier molecular flexibility index (Phi) is 5.11. The number of carbonyl (C=O) groups is 1. The summed E-state index contributed by atoms with van der Waals surface area (Å²) in [6.07, 6.45) is 2.15. The molecule has 0 N–H and O–H groups in total. The maximum atomic E-state index is 12.6. The van der Waals surface area contributed by atoms with Crippen LogP contribution >= 0.6 is 0 Å². The highest BCUT2D eigenvalue weighted by atomic mass is 16.5. The number of benzene rings is 1. The van der Waals surface area contributed by atoms with Crippen molar-refractivity contribution in [2.24, 2.45) is 5.92 Å². The zero-order valence-corrected chi connectivity index (χ0v) is 15.0. The molecule has 0 aromatic heterocycles. The number of hydrogen-bond acceptors (Lipinski definition) is 4. The van der Waals surface area contributed by atoms with Gasteiger partial charge in [0.25, 0.3) is 0 Å². The van der Waals surface area contributed by atoms with Crippen LogP contribution in [0.1, 0.15) is 26.7 Å². The Morgan fingerprint density at radius 3 is 2.79 bits per heavy atom. The van der Waals surface area contributed by atoms with Gasteiger partial charge >= 0.3 is 0 Å². The zero-order valence-electron chi connectivity index (χ0n) is 15.0. The SMILES string of the molecule is COc1ccccc1N1CCN(CC2CCOC(C)(C)C2)CC1=O. The summed E-state index contributed by atoms with van der Waals surface area (Å²) in [5.74, 6) is 1.52. The fraction of sp³-hybridized carbons (Fsp3) is 0.632. The highest BCUT2D eigenvalue weighted by molar-refractivity contribution is 5.96. The molecule has 1 aromatic carbocycles. The molecule has 2 aliphatic rings. The first-order valence-corrected chi connectivity index (χ1v) is 8.78. The van der Waals surface area contributed by atoms with Gasteiger partial charge in [-0.1, -0.05) is 12.1 Å². The van der Waals surface area contributed by atoms with E-state index in [0.29, 0.717) is 19.0 Å².